The van der Waals surface area contributed by atoms with Crippen LogP contribution >= 0.6 is 0 Å². The van der Waals surface area contributed by atoms with Crippen LogP contribution in [0.15, 0.2) is 0 Å². The maximum Gasteiger partial charge on any atom is 0.00709 e. The van der Waals surface area contributed by atoms with E-state index in [-0.39, 0.29) is 0 Å². The van der Waals surface area contributed by atoms with E-state index in [0.717, 1.165) is 31.8 Å². The summed E-state index contributed by atoms with van der Waals surface area (Å²) in [6.45, 7) is 9.42. The second kappa shape index (κ2) is 5.42. The molecular formula is C8H18N2. The first-order valence-electron chi connectivity index (χ1n) is 3.97. The third-order valence-corrected chi connectivity index (χ3v) is 1.70. The Kier molecular flexibility index (Phi) is 5.22. The predicted octanol–water partition coefficient (Wildman–Crippen LogP) is 1.76. The Morgan fingerprint density at radius 2 is 1.80 bits per heavy atom. The second-order valence-electron chi connectivity index (χ2n) is 2.56. The number of hydrogen-bond donors (Lipinski definition) is 1. The summed E-state index contributed by atoms with van der Waals surface area (Å²) in [5, 5.41) is 7.21. The van der Waals surface area contributed by atoms with Crippen molar-refractivity contribution < 1.29 is 0 Å². The van der Waals surface area contributed by atoms with Crippen molar-refractivity contribution >= 4 is 5.71 Å². The molecule has 0 aliphatic carbocycles. The van der Waals surface area contributed by atoms with Crippen LogP contribution in [-0.4, -0.2) is 30.2 Å². The maximum atomic E-state index is 7.21. The standard InChI is InChI=1S/C8H18N2/c1-4-10(5-2)7-6-8(3)9/h9H,4-7H2,1-3H3. The van der Waals surface area contributed by atoms with E-state index in [2.05, 4.69) is 18.7 Å². The van der Waals surface area contributed by atoms with Gasteiger partial charge in [-0.15, -0.1) is 0 Å². The molecule has 0 saturated heterocycles. The van der Waals surface area contributed by atoms with Gasteiger partial charge in [0.2, 0.25) is 0 Å². The van der Waals surface area contributed by atoms with Crippen LogP contribution in [0.5, 0.6) is 0 Å². The Bertz CT molecular complexity index is 95.4. The lowest BCUT2D eigenvalue weighted by Crippen LogP contribution is -2.25. The van der Waals surface area contributed by atoms with Crippen LogP contribution in [-0.2, 0) is 0 Å². The van der Waals surface area contributed by atoms with Gasteiger partial charge in [-0.05, 0) is 26.4 Å². The SMILES string of the molecule is CCN(CC)CCC(C)=N. The Labute approximate surface area is 63.7 Å². The molecule has 2 nitrogen and oxygen atoms in total. The predicted molar refractivity (Wildman–Crippen MR) is 45.8 cm³/mol. The van der Waals surface area contributed by atoms with E-state index in [0.29, 0.717) is 0 Å². The molecule has 0 aromatic carbocycles. The van der Waals surface area contributed by atoms with Gasteiger partial charge in [0.15, 0.2) is 0 Å². The van der Waals surface area contributed by atoms with Crippen molar-refractivity contribution in [3.8, 4) is 0 Å². The molecule has 0 bridgehead atoms. The molecule has 0 heterocycles. The zero-order valence-electron chi connectivity index (χ0n) is 7.28. The van der Waals surface area contributed by atoms with Gasteiger partial charge in [-0.3, -0.25) is 0 Å². The van der Waals surface area contributed by atoms with Gasteiger partial charge < -0.3 is 10.3 Å². The van der Waals surface area contributed by atoms with E-state index in [1.165, 1.54) is 0 Å². The molecular weight excluding hydrogens is 124 g/mol. The molecule has 0 rings (SSSR count). The third kappa shape index (κ3) is 4.50. The first kappa shape index (κ1) is 9.63. The lowest BCUT2D eigenvalue weighted by molar-refractivity contribution is 0.313. The fourth-order valence-electron chi connectivity index (χ4n) is 0.866. The van der Waals surface area contributed by atoms with Crippen LogP contribution in [0.4, 0.5) is 0 Å². The largest absolute Gasteiger partial charge is 0.310 e. The van der Waals surface area contributed by atoms with Gasteiger partial charge in [-0.2, -0.15) is 0 Å². The summed E-state index contributed by atoms with van der Waals surface area (Å²) in [5.41, 5.74) is 0.784. The molecule has 0 spiro atoms. The minimum Gasteiger partial charge on any atom is -0.310 e. The van der Waals surface area contributed by atoms with Gasteiger partial charge in [0.05, 0.1) is 0 Å². The smallest absolute Gasteiger partial charge is 0.00709 e. The topological polar surface area (TPSA) is 27.1 Å². The van der Waals surface area contributed by atoms with E-state index in [9.17, 15) is 0 Å². The normalized spacial score (nSPS) is 10.4. The molecule has 1 N–H and O–H groups in total. The molecule has 0 atom stereocenters. The highest BCUT2D eigenvalue weighted by molar-refractivity contribution is 5.78. The molecule has 0 fully saturated rings. The van der Waals surface area contributed by atoms with Gasteiger partial charge in [0, 0.05) is 12.3 Å². The van der Waals surface area contributed by atoms with Crippen LogP contribution in [0.2, 0.25) is 0 Å². The third-order valence-electron chi connectivity index (χ3n) is 1.70. The molecule has 0 aliphatic rings. The average Bonchev–Trinajstić information content (AvgIpc) is 1.90. The van der Waals surface area contributed by atoms with Gasteiger partial charge >= 0.3 is 0 Å². The summed E-state index contributed by atoms with van der Waals surface area (Å²) >= 11 is 0. The van der Waals surface area contributed by atoms with Crippen molar-refractivity contribution in [1.82, 2.24) is 4.90 Å². The van der Waals surface area contributed by atoms with Crippen molar-refractivity contribution in [3.05, 3.63) is 0 Å². The Morgan fingerprint density at radius 1 is 1.30 bits per heavy atom. The number of nitrogens with zero attached hydrogens (tertiary/aromatic N) is 1. The van der Waals surface area contributed by atoms with Crippen LogP contribution < -0.4 is 0 Å². The summed E-state index contributed by atoms with van der Waals surface area (Å²) in [7, 11) is 0. The molecule has 0 aromatic rings. The van der Waals surface area contributed by atoms with E-state index < -0.39 is 0 Å². The molecule has 0 radical (unpaired) electrons. The van der Waals surface area contributed by atoms with Gasteiger partial charge in [0.1, 0.15) is 0 Å². The molecule has 0 amide bonds. The maximum absolute atomic E-state index is 7.21. The highest BCUT2D eigenvalue weighted by Crippen LogP contribution is 1.90. The van der Waals surface area contributed by atoms with Crippen molar-refractivity contribution in [2.75, 3.05) is 19.6 Å². The van der Waals surface area contributed by atoms with Gasteiger partial charge in [-0.25, -0.2) is 0 Å². The molecule has 0 saturated carbocycles. The quantitative estimate of drug-likeness (QED) is 0.582. The fourth-order valence-corrected chi connectivity index (χ4v) is 0.866. The van der Waals surface area contributed by atoms with E-state index >= 15 is 0 Å². The summed E-state index contributed by atoms with van der Waals surface area (Å²) < 4.78 is 0. The lowest BCUT2D eigenvalue weighted by Gasteiger charge is -2.16. The lowest BCUT2D eigenvalue weighted by atomic mass is 10.3. The Hall–Kier alpha value is -0.370. The molecule has 10 heavy (non-hydrogen) atoms. The van der Waals surface area contributed by atoms with E-state index in [1.807, 2.05) is 6.92 Å². The number of rotatable bonds is 5. The number of nitrogens with one attached hydrogen (secondary N) is 1. The van der Waals surface area contributed by atoms with Crippen molar-refractivity contribution in [2.45, 2.75) is 27.2 Å². The fraction of sp³-hybridized carbons (Fsp3) is 0.875. The summed E-state index contributed by atoms with van der Waals surface area (Å²) in [4.78, 5) is 2.33. The van der Waals surface area contributed by atoms with Crippen molar-refractivity contribution in [3.63, 3.8) is 0 Å². The van der Waals surface area contributed by atoms with Crippen molar-refractivity contribution in [1.29, 1.82) is 5.41 Å². The first-order valence-corrected chi connectivity index (χ1v) is 3.97. The summed E-state index contributed by atoms with van der Waals surface area (Å²) in [5.74, 6) is 0. The average molecular weight is 142 g/mol. The molecule has 2 heteroatoms. The summed E-state index contributed by atoms with van der Waals surface area (Å²) in [6.07, 6.45) is 0.918. The highest BCUT2D eigenvalue weighted by atomic mass is 15.1. The van der Waals surface area contributed by atoms with Gasteiger partial charge in [-0.1, -0.05) is 13.8 Å². The second-order valence-corrected chi connectivity index (χ2v) is 2.56. The van der Waals surface area contributed by atoms with E-state index in [1.54, 1.807) is 0 Å². The van der Waals surface area contributed by atoms with Gasteiger partial charge in [0.25, 0.3) is 0 Å². The Morgan fingerprint density at radius 3 is 2.10 bits per heavy atom. The van der Waals surface area contributed by atoms with Crippen molar-refractivity contribution in [2.24, 2.45) is 0 Å². The highest BCUT2D eigenvalue weighted by Gasteiger charge is 1.97. The van der Waals surface area contributed by atoms with Crippen LogP contribution in [0.1, 0.15) is 27.2 Å². The summed E-state index contributed by atoms with van der Waals surface area (Å²) in [6, 6.07) is 0. The Balaban J connectivity index is 3.34. The van der Waals surface area contributed by atoms with Crippen LogP contribution in [0.3, 0.4) is 0 Å². The zero-order valence-corrected chi connectivity index (χ0v) is 7.28. The minimum atomic E-state index is 0.784. The minimum absolute atomic E-state index is 0.784. The zero-order chi connectivity index (χ0) is 7.98. The van der Waals surface area contributed by atoms with Crippen LogP contribution in [0, 0.1) is 5.41 Å². The molecule has 60 valence electrons. The number of hydrogen-bond acceptors (Lipinski definition) is 2. The molecule has 0 unspecified atom stereocenters. The monoisotopic (exact) mass is 142 g/mol. The molecule has 0 aromatic heterocycles. The first-order chi connectivity index (χ1) is 4.70. The molecule has 0 aliphatic heterocycles. The van der Waals surface area contributed by atoms with Crippen LogP contribution in [0.25, 0.3) is 0 Å². The van der Waals surface area contributed by atoms with E-state index in [4.69, 9.17) is 5.41 Å².